The molecule has 10 heteroatoms. The van der Waals surface area contributed by atoms with Gasteiger partial charge in [0.05, 0.1) is 34.8 Å². The molecule has 2 aromatic heterocycles. The number of H-pyrrole nitrogens is 1. The molecule has 1 aliphatic rings. The van der Waals surface area contributed by atoms with Gasteiger partial charge in [0.1, 0.15) is 11.5 Å². The van der Waals surface area contributed by atoms with E-state index in [9.17, 15) is 12.8 Å². The van der Waals surface area contributed by atoms with Crippen LogP contribution in [0, 0.1) is 5.82 Å². The van der Waals surface area contributed by atoms with Crippen molar-refractivity contribution in [3.8, 4) is 11.4 Å². The third-order valence-electron chi connectivity index (χ3n) is 5.32. The van der Waals surface area contributed by atoms with Gasteiger partial charge in [-0.05, 0) is 44.0 Å². The number of anilines is 2. The molecular formula is C21H24FN5O3S. The molecule has 2 N–H and O–H groups in total. The maximum absolute atomic E-state index is 14.4. The van der Waals surface area contributed by atoms with E-state index in [0.29, 0.717) is 18.0 Å². The fraction of sp³-hybridized carbons (Fsp3) is 0.381. The van der Waals surface area contributed by atoms with E-state index < -0.39 is 15.7 Å². The fourth-order valence-electron chi connectivity index (χ4n) is 3.57. The first-order chi connectivity index (χ1) is 14.9. The van der Waals surface area contributed by atoms with E-state index in [2.05, 4.69) is 25.3 Å². The van der Waals surface area contributed by atoms with Crippen molar-refractivity contribution in [1.29, 1.82) is 0 Å². The standard InChI is InChI=1S/C21H24FN5O3S/c1-3-31(28,29)16-6-4-15(5-7-16)25-21-24-11-17(22)19(27-21)18-12-23-20(26-18)14-8-9-30-13(2)10-14/h4-7,11-14H,3,8-10H2,1-2H3,(H,23,26)(H,24,25,27). The van der Waals surface area contributed by atoms with Crippen molar-refractivity contribution in [3.05, 3.63) is 48.3 Å². The van der Waals surface area contributed by atoms with Gasteiger partial charge >= 0.3 is 0 Å². The van der Waals surface area contributed by atoms with Crippen LogP contribution in [0.3, 0.4) is 0 Å². The molecule has 2 unspecified atom stereocenters. The number of nitrogens with one attached hydrogen (secondary N) is 2. The van der Waals surface area contributed by atoms with Gasteiger partial charge in [0, 0.05) is 18.2 Å². The van der Waals surface area contributed by atoms with E-state index in [1.807, 2.05) is 6.92 Å². The maximum atomic E-state index is 14.4. The number of hydrogen-bond donors (Lipinski definition) is 2. The SMILES string of the molecule is CCS(=O)(=O)c1ccc(Nc2ncc(F)c(-c3cnc(C4CCOC(C)C4)[nH]3)n2)cc1. The van der Waals surface area contributed by atoms with Crippen LogP contribution in [0.25, 0.3) is 11.4 Å². The summed E-state index contributed by atoms with van der Waals surface area (Å²) in [6.07, 6.45) is 4.56. The van der Waals surface area contributed by atoms with Gasteiger partial charge in [-0.2, -0.15) is 0 Å². The number of sulfone groups is 1. The number of aromatic nitrogens is 4. The highest BCUT2D eigenvalue weighted by atomic mass is 32.2. The summed E-state index contributed by atoms with van der Waals surface area (Å²) in [6, 6.07) is 6.27. The van der Waals surface area contributed by atoms with E-state index in [0.717, 1.165) is 24.9 Å². The number of hydrogen-bond acceptors (Lipinski definition) is 7. The largest absolute Gasteiger partial charge is 0.378 e. The Kier molecular flexibility index (Phi) is 6.01. The van der Waals surface area contributed by atoms with Crippen molar-refractivity contribution in [1.82, 2.24) is 19.9 Å². The lowest BCUT2D eigenvalue weighted by Gasteiger charge is -2.25. The first kappa shape index (κ1) is 21.4. The van der Waals surface area contributed by atoms with Gasteiger partial charge in [0.25, 0.3) is 0 Å². The third-order valence-corrected chi connectivity index (χ3v) is 7.07. The quantitative estimate of drug-likeness (QED) is 0.593. The maximum Gasteiger partial charge on any atom is 0.227 e. The molecule has 164 valence electrons. The number of imidazole rings is 1. The second-order valence-electron chi connectivity index (χ2n) is 7.53. The zero-order valence-corrected chi connectivity index (χ0v) is 18.1. The van der Waals surface area contributed by atoms with Crippen molar-refractivity contribution in [2.45, 2.75) is 43.6 Å². The lowest BCUT2D eigenvalue weighted by Crippen LogP contribution is -2.22. The summed E-state index contributed by atoms with van der Waals surface area (Å²) in [5, 5.41) is 2.98. The monoisotopic (exact) mass is 445 g/mol. The molecule has 1 saturated heterocycles. The average Bonchev–Trinajstić information content (AvgIpc) is 3.26. The van der Waals surface area contributed by atoms with Crippen molar-refractivity contribution in [2.24, 2.45) is 0 Å². The molecular weight excluding hydrogens is 421 g/mol. The Morgan fingerprint density at radius 1 is 1.23 bits per heavy atom. The van der Waals surface area contributed by atoms with Crippen molar-refractivity contribution < 1.29 is 17.5 Å². The van der Waals surface area contributed by atoms with Crippen LogP contribution < -0.4 is 5.32 Å². The lowest BCUT2D eigenvalue weighted by molar-refractivity contribution is 0.0174. The summed E-state index contributed by atoms with van der Waals surface area (Å²) in [5.41, 5.74) is 1.18. The highest BCUT2D eigenvalue weighted by Gasteiger charge is 2.24. The van der Waals surface area contributed by atoms with Crippen molar-refractivity contribution in [3.63, 3.8) is 0 Å². The number of aromatic amines is 1. The summed E-state index contributed by atoms with van der Waals surface area (Å²) in [4.78, 5) is 16.1. The van der Waals surface area contributed by atoms with Gasteiger partial charge < -0.3 is 15.0 Å². The minimum atomic E-state index is -3.27. The van der Waals surface area contributed by atoms with E-state index >= 15 is 0 Å². The summed E-state index contributed by atoms with van der Waals surface area (Å²) in [6.45, 7) is 4.30. The van der Waals surface area contributed by atoms with Gasteiger partial charge in [0.15, 0.2) is 15.7 Å². The van der Waals surface area contributed by atoms with E-state index in [4.69, 9.17) is 4.74 Å². The molecule has 4 rings (SSSR count). The first-order valence-corrected chi connectivity index (χ1v) is 11.8. The summed E-state index contributed by atoms with van der Waals surface area (Å²) >= 11 is 0. The third kappa shape index (κ3) is 4.75. The average molecular weight is 446 g/mol. The van der Waals surface area contributed by atoms with Crippen LogP contribution in [0.15, 0.2) is 41.6 Å². The van der Waals surface area contributed by atoms with E-state index in [-0.39, 0.29) is 34.3 Å². The fourth-order valence-corrected chi connectivity index (χ4v) is 4.45. The number of benzene rings is 1. The van der Waals surface area contributed by atoms with Crippen LogP contribution in [0.1, 0.15) is 38.4 Å². The van der Waals surface area contributed by atoms with E-state index in [1.54, 1.807) is 25.3 Å². The Morgan fingerprint density at radius 3 is 2.71 bits per heavy atom. The Hall–Kier alpha value is -2.85. The van der Waals surface area contributed by atoms with Crippen LogP contribution >= 0.6 is 0 Å². The second-order valence-corrected chi connectivity index (χ2v) is 9.81. The number of halogens is 1. The Bertz CT molecular complexity index is 1160. The summed E-state index contributed by atoms with van der Waals surface area (Å²) in [5.74, 6) is 0.690. The topological polar surface area (TPSA) is 110 Å². The molecule has 1 aromatic carbocycles. The predicted octanol–water partition coefficient (Wildman–Crippen LogP) is 3.83. The van der Waals surface area contributed by atoms with Gasteiger partial charge in [-0.15, -0.1) is 0 Å². The molecule has 0 aliphatic carbocycles. The zero-order chi connectivity index (χ0) is 22.0. The second kappa shape index (κ2) is 8.72. The molecule has 0 amide bonds. The lowest BCUT2D eigenvalue weighted by atomic mass is 9.96. The number of rotatable bonds is 6. The van der Waals surface area contributed by atoms with Gasteiger partial charge in [-0.25, -0.2) is 27.8 Å². The van der Waals surface area contributed by atoms with E-state index in [1.165, 1.54) is 12.1 Å². The minimum Gasteiger partial charge on any atom is -0.378 e. The molecule has 0 saturated carbocycles. The molecule has 2 atom stereocenters. The minimum absolute atomic E-state index is 0.0309. The number of nitrogens with zero attached hydrogens (tertiary/aromatic N) is 3. The Morgan fingerprint density at radius 2 is 2.00 bits per heavy atom. The van der Waals surface area contributed by atoms with Gasteiger partial charge in [-0.1, -0.05) is 6.92 Å². The molecule has 1 aliphatic heterocycles. The van der Waals surface area contributed by atoms with Gasteiger partial charge in [0.2, 0.25) is 5.95 Å². The molecule has 0 spiro atoms. The highest BCUT2D eigenvalue weighted by Crippen LogP contribution is 2.30. The smallest absolute Gasteiger partial charge is 0.227 e. The molecule has 0 bridgehead atoms. The molecule has 8 nitrogen and oxygen atoms in total. The normalized spacial score (nSPS) is 19.3. The van der Waals surface area contributed by atoms with Crippen LogP contribution in [0.5, 0.6) is 0 Å². The number of ether oxygens (including phenoxy) is 1. The first-order valence-electron chi connectivity index (χ1n) is 10.1. The van der Waals surface area contributed by atoms with Crippen LogP contribution in [0.2, 0.25) is 0 Å². The zero-order valence-electron chi connectivity index (χ0n) is 17.3. The van der Waals surface area contributed by atoms with Gasteiger partial charge in [-0.3, -0.25) is 0 Å². The molecule has 1 fully saturated rings. The molecule has 3 heterocycles. The van der Waals surface area contributed by atoms with Crippen LogP contribution in [-0.2, 0) is 14.6 Å². The Labute approximate surface area is 180 Å². The van der Waals surface area contributed by atoms with Crippen LogP contribution in [-0.4, -0.2) is 46.8 Å². The van der Waals surface area contributed by atoms with Crippen molar-refractivity contribution in [2.75, 3.05) is 17.7 Å². The molecule has 3 aromatic rings. The summed E-state index contributed by atoms with van der Waals surface area (Å²) in [7, 11) is -3.27. The molecule has 31 heavy (non-hydrogen) atoms. The van der Waals surface area contributed by atoms with Crippen LogP contribution in [0.4, 0.5) is 16.0 Å². The highest BCUT2D eigenvalue weighted by molar-refractivity contribution is 7.91. The predicted molar refractivity (Wildman–Crippen MR) is 114 cm³/mol. The molecule has 0 radical (unpaired) electrons. The Balaban J connectivity index is 1.54. The summed E-state index contributed by atoms with van der Waals surface area (Å²) < 4.78 is 43.9. The van der Waals surface area contributed by atoms with Crippen molar-refractivity contribution >= 4 is 21.5 Å².